The normalized spacial score (nSPS) is 11.3. The van der Waals surface area contributed by atoms with E-state index >= 15 is 0 Å². The lowest BCUT2D eigenvalue weighted by molar-refractivity contribution is 0.350. The fraction of sp³-hybridized carbons (Fsp3) is 0.267. The van der Waals surface area contributed by atoms with Crippen molar-refractivity contribution in [1.29, 1.82) is 0 Å². The second kappa shape index (κ2) is 6.49. The number of nitrogens with zero attached hydrogens (tertiary/aromatic N) is 1. The van der Waals surface area contributed by atoms with Crippen LogP contribution in [-0.2, 0) is 16.3 Å². The zero-order valence-corrected chi connectivity index (χ0v) is 13.6. The Bertz CT molecular complexity index is 838. The van der Waals surface area contributed by atoms with Gasteiger partial charge < -0.3 is 9.47 Å². The highest BCUT2D eigenvalue weighted by Crippen LogP contribution is 2.32. The van der Waals surface area contributed by atoms with Gasteiger partial charge in [0.05, 0.1) is 12.0 Å². The van der Waals surface area contributed by atoms with Crippen molar-refractivity contribution in [1.82, 2.24) is 4.98 Å². The number of sulfone groups is 1. The molecule has 0 radical (unpaired) electrons. The second-order valence-electron chi connectivity index (χ2n) is 4.76. The number of halogens is 2. The molecule has 1 aromatic heterocycles. The number of aryl methyl sites for hydroxylation is 1. The van der Waals surface area contributed by atoms with Crippen molar-refractivity contribution in [2.75, 3.05) is 13.4 Å². The molecule has 0 aliphatic rings. The van der Waals surface area contributed by atoms with E-state index in [1.807, 2.05) is 6.92 Å². The van der Waals surface area contributed by atoms with E-state index in [1.54, 1.807) is 0 Å². The van der Waals surface area contributed by atoms with Crippen LogP contribution in [-0.4, -0.2) is 26.8 Å². The number of hydrogen-bond acceptors (Lipinski definition) is 5. The standard InChI is InChI=1S/C15H15F2NO4S/c1-4-9-8-18-15(13(17)14(9)21-2)22-12-6-5-10(7-11(12)16)23(3,19)20/h5-8H,4H2,1-3H3. The summed E-state index contributed by atoms with van der Waals surface area (Å²) in [5.41, 5.74) is 0.547. The molecular weight excluding hydrogens is 328 g/mol. The molecule has 5 nitrogen and oxygen atoms in total. The molecule has 0 saturated carbocycles. The number of methoxy groups -OCH3 is 1. The lowest BCUT2D eigenvalue weighted by Gasteiger charge is -2.12. The summed E-state index contributed by atoms with van der Waals surface area (Å²) in [4.78, 5) is 3.60. The van der Waals surface area contributed by atoms with Gasteiger partial charge >= 0.3 is 0 Å². The summed E-state index contributed by atoms with van der Waals surface area (Å²) >= 11 is 0. The third-order valence-electron chi connectivity index (χ3n) is 3.14. The number of aromatic nitrogens is 1. The largest absolute Gasteiger partial charge is 0.493 e. The zero-order chi connectivity index (χ0) is 17.2. The van der Waals surface area contributed by atoms with Crippen molar-refractivity contribution in [3.8, 4) is 17.4 Å². The maximum absolute atomic E-state index is 14.3. The first-order chi connectivity index (χ1) is 10.8. The highest BCUT2D eigenvalue weighted by molar-refractivity contribution is 7.90. The monoisotopic (exact) mass is 343 g/mol. The molecule has 0 spiro atoms. The molecule has 2 aromatic rings. The van der Waals surface area contributed by atoms with Crippen molar-refractivity contribution >= 4 is 9.84 Å². The molecule has 0 fully saturated rings. The van der Waals surface area contributed by atoms with Crippen LogP contribution >= 0.6 is 0 Å². The first-order valence-electron chi connectivity index (χ1n) is 6.66. The van der Waals surface area contributed by atoms with Crippen LogP contribution in [0.3, 0.4) is 0 Å². The van der Waals surface area contributed by atoms with Gasteiger partial charge in [-0.1, -0.05) is 6.92 Å². The van der Waals surface area contributed by atoms with Gasteiger partial charge in [-0.25, -0.2) is 17.8 Å². The van der Waals surface area contributed by atoms with Crippen LogP contribution in [0.15, 0.2) is 29.3 Å². The molecule has 0 atom stereocenters. The number of pyridine rings is 1. The highest BCUT2D eigenvalue weighted by Gasteiger charge is 2.19. The van der Waals surface area contributed by atoms with E-state index < -0.39 is 27.4 Å². The Morgan fingerprint density at radius 2 is 1.96 bits per heavy atom. The predicted octanol–water partition coefficient (Wildman–Crippen LogP) is 3.13. The van der Waals surface area contributed by atoms with Gasteiger partial charge in [0.15, 0.2) is 27.2 Å². The van der Waals surface area contributed by atoms with Crippen LogP contribution in [0.2, 0.25) is 0 Å². The fourth-order valence-electron chi connectivity index (χ4n) is 1.93. The van der Waals surface area contributed by atoms with E-state index in [2.05, 4.69) is 4.98 Å². The van der Waals surface area contributed by atoms with Crippen molar-refractivity contribution < 1.29 is 26.7 Å². The molecule has 0 unspecified atom stereocenters. The van der Waals surface area contributed by atoms with E-state index in [4.69, 9.17) is 9.47 Å². The first-order valence-corrected chi connectivity index (χ1v) is 8.55. The van der Waals surface area contributed by atoms with Crippen LogP contribution in [0.4, 0.5) is 8.78 Å². The number of ether oxygens (including phenoxy) is 2. The molecule has 124 valence electrons. The minimum absolute atomic E-state index is 0.0225. The van der Waals surface area contributed by atoms with E-state index in [9.17, 15) is 17.2 Å². The molecule has 23 heavy (non-hydrogen) atoms. The zero-order valence-electron chi connectivity index (χ0n) is 12.8. The van der Waals surface area contributed by atoms with E-state index in [0.29, 0.717) is 12.0 Å². The average molecular weight is 343 g/mol. The summed E-state index contributed by atoms with van der Waals surface area (Å²) in [7, 11) is -2.24. The summed E-state index contributed by atoms with van der Waals surface area (Å²) in [6, 6.07) is 3.08. The summed E-state index contributed by atoms with van der Waals surface area (Å²) in [6.45, 7) is 1.81. The molecule has 0 amide bonds. The smallest absolute Gasteiger partial charge is 0.259 e. The van der Waals surface area contributed by atoms with Gasteiger partial charge in [-0.2, -0.15) is 4.39 Å². The van der Waals surface area contributed by atoms with E-state index in [0.717, 1.165) is 18.4 Å². The number of rotatable bonds is 5. The van der Waals surface area contributed by atoms with Crippen molar-refractivity contribution in [2.24, 2.45) is 0 Å². The Balaban J connectivity index is 2.40. The third-order valence-corrected chi connectivity index (χ3v) is 4.25. The SMILES string of the molecule is CCc1cnc(Oc2ccc(S(C)(=O)=O)cc2F)c(F)c1OC. The van der Waals surface area contributed by atoms with Crippen molar-refractivity contribution in [3.63, 3.8) is 0 Å². The van der Waals surface area contributed by atoms with Crippen LogP contribution < -0.4 is 9.47 Å². The Morgan fingerprint density at radius 3 is 2.48 bits per heavy atom. The maximum Gasteiger partial charge on any atom is 0.259 e. The number of benzene rings is 1. The molecule has 0 aliphatic heterocycles. The molecule has 0 bridgehead atoms. The highest BCUT2D eigenvalue weighted by atomic mass is 32.2. The first kappa shape index (κ1) is 17.1. The predicted molar refractivity (Wildman–Crippen MR) is 79.7 cm³/mol. The number of hydrogen-bond donors (Lipinski definition) is 0. The van der Waals surface area contributed by atoms with Gasteiger partial charge in [-0.3, -0.25) is 0 Å². The van der Waals surface area contributed by atoms with Gasteiger partial charge in [0.2, 0.25) is 5.82 Å². The van der Waals surface area contributed by atoms with Crippen LogP contribution in [0.1, 0.15) is 12.5 Å². The molecule has 8 heteroatoms. The molecule has 1 aromatic carbocycles. The summed E-state index contributed by atoms with van der Waals surface area (Å²) in [5.74, 6) is -2.60. The minimum atomic E-state index is -3.55. The van der Waals surface area contributed by atoms with E-state index in [1.165, 1.54) is 19.4 Å². The van der Waals surface area contributed by atoms with Gasteiger partial charge in [-0.05, 0) is 24.6 Å². The topological polar surface area (TPSA) is 65.5 Å². The Hall–Kier alpha value is -2.22. The average Bonchev–Trinajstić information content (AvgIpc) is 2.49. The van der Waals surface area contributed by atoms with Crippen molar-refractivity contribution in [3.05, 3.63) is 41.6 Å². The molecule has 0 N–H and O–H groups in total. The van der Waals surface area contributed by atoms with Crippen LogP contribution in [0, 0.1) is 11.6 Å². The summed E-state index contributed by atoms with van der Waals surface area (Å²) < 4.78 is 61.0. The molecule has 0 saturated heterocycles. The van der Waals surface area contributed by atoms with Crippen LogP contribution in [0.5, 0.6) is 17.4 Å². The lowest BCUT2D eigenvalue weighted by atomic mass is 10.2. The molecule has 1 heterocycles. The van der Waals surface area contributed by atoms with Crippen LogP contribution in [0.25, 0.3) is 0 Å². The quantitative estimate of drug-likeness (QED) is 0.834. The Labute approximate surface area is 132 Å². The van der Waals surface area contributed by atoms with E-state index in [-0.39, 0.29) is 16.4 Å². The Kier molecular flexibility index (Phi) is 4.84. The maximum atomic E-state index is 14.3. The lowest BCUT2D eigenvalue weighted by Crippen LogP contribution is -2.02. The van der Waals surface area contributed by atoms with Crippen molar-refractivity contribution in [2.45, 2.75) is 18.2 Å². The van der Waals surface area contributed by atoms with Gasteiger partial charge in [0.1, 0.15) is 0 Å². The molecule has 0 aliphatic carbocycles. The minimum Gasteiger partial charge on any atom is -0.493 e. The summed E-state index contributed by atoms with van der Waals surface area (Å²) in [6.07, 6.45) is 2.84. The molecular formula is C15H15F2NO4S. The fourth-order valence-corrected chi connectivity index (χ4v) is 2.57. The third kappa shape index (κ3) is 3.58. The van der Waals surface area contributed by atoms with Gasteiger partial charge in [0, 0.05) is 18.0 Å². The second-order valence-corrected chi connectivity index (χ2v) is 6.77. The Morgan fingerprint density at radius 1 is 1.26 bits per heavy atom. The van der Waals surface area contributed by atoms with Gasteiger partial charge in [-0.15, -0.1) is 0 Å². The van der Waals surface area contributed by atoms with Gasteiger partial charge in [0.25, 0.3) is 5.88 Å². The molecule has 2 rings (SSSR count). The summed E-state index contributed by atoms with van der Waals surface area (Å²) in [5, 5.41) is 0.